The Labute approximate surface area is 91.4 Å². The summed E-state index contributed by atoms with van der Waals surface area (Å²) in [6, 6.07) is 0. The van der Waals surface area contributed by atoms with E-state index in [4.69, 9.17) is 10.2 Å². The quantitative estimate of drug-likeness (QED) is 0.360. The van der Waals surface area contributed by atoms with E-state index in [1.54, 1.807) is 13.8 Å². The summed E-state index contributed by atoms with van der Waals surface area (Å²) in [6.45, 7) is 7.16. The molecule has 0 heterocycles. The van der Waals surface area contributed by atoms with Gasteiger partial charge in [-0.1, -0.05) is 13.3 Å². The van der Waals surface area contributed by atoms with Crippen molar-refractivity contribution >= 4 is 5.97 Å². The van der Waals surface area contributed by atoms with Crippen molar-refractivity contribution in [3.8, 4) is 0 Å². The number of nitrogens with one attached hydrogen (secondary N) is 1. The molecule has 0 aliphatic carbocycles. The van der Waals surface area contributed by atoms with Gasteiger partial charge < -0.3 is 14.9 Å². The number of aliphatic hydroxyl groups excluding tert-OH is 2. The zero-order valence-electron chi connectivity index (χ0n) is 9.99. The highest BCUT2D eigenvalue weighted by atomic mass is 16.5. The zero-order chi connectivity index (χ0) is 12.3. The normalized spacial score (nSPS) is 13.5. The van der Waals surface area contributed by atoms with Crippen LogP contribution in [0.2, 0.25) is 0 Å². The Morgan fingerprint density at radius 1 is 1.33 bits per heavy atom. The Morgan fingerprint density at radius 3 is 2.00 bits per heavy atom. The van der Waals surface area contributed by atoms with Gasteiger partial charge in [0.05, 0.1) is 6.61 Å². The molecule has 15 heavy (non-hydrogen) atoms. The summed E-state index contributed by atoms with van der Waals surface area (Å²) in [5.74, 6) is -0.182. The average Bonchev–Trinajstić information content (AvgIpc) is 2.02. The molecule has 0 aliphatic heterocycles. The Hall–Kier alpha value is -0.650. The van der Waals surface area contributed by atoms with Gasteiger partial charge in [-0.25, -0.2) is 0 Å². The molecular weight excluding hydrogens is 198 g/mol. The van der Waals surface area contributed by atoms with Crippen molar-refractivity contribution in [1.82, 2.24) is 5.32 Å². The van der Waals surface area contributed by atoms with E-state index in [1.807, 2.05) is 0 Å². The molecule has 0 fully saturated rings. The van der Waals surface area contributed by atoms with Gasteiger partial charge >= 0.3 is 5.97 Å². The molecule has 0 saturated heterocycles. The first kappa shape index (κ1) is 16.8. The van der Waals surface area contributed by atoms with Gasteiger partial charge in [-0.15, -0.1) is 0 Å². The maximum atomic E-state index is 10.1. The van der Waals surface area contributed by atoms with Gasteiger partial charge in [0.15, 0.2) is 0 Å². The standard InChI is InChI=1S/C6H12O2.C4H11NO2/c1-3-4-5-8-6(2)7;1-3(6)5-4(2)7/h3-5H2,1-2H3;3-7H,1-2H3. The lowest BCUT2D eigenvalue weighted by atomic mass is 10.4. The van der Waals surface area contributed by atoms with E-state index in [-0.39, 0.29) is 5.97 Å². The molecule has 0 aromatic rings. The second-order valence-electron chi connectivity index (χ2n) is 3.21. The Bertz CT molecular complexity index is 142. The van der Waals surface area contributed by atoms with Crippen LogP contribution in [-0.4, -0.2) is 35.2 Å². The smallest absolute Gasteiger partial charge is 0.302 e. The van der Waals surface area contributed by atoms with Crippen LogP contribution in [0.4, 0.5) is 0 Å². The summed E-state index contributed by atoms with van der Waals surface area (Å²) in [5, 5.41) is 19.3. The van der Waals surface area contributed by atoms with Crippen LogP contribution in [0, 0.1) is 0 Å². The van der Waals surface area contributed by atoms with Crippen molar-refractivity contribution in [1.29, 1.82) is 0 Å². The number of hydrogen-bond donors (Lipinski definition) is 3. The number of unbranched alkanes of at least 4 members (excludes halogenated alkanes) is 1. The van der Waals surface area contributed by atoms with Crippen LogP contribution in [-0.2, 0) is 9.53 Å². The minimum absolute atomic E-state index is 0.182. The lowest BCUT2D eigenvalue weighted by Gasteiger charge is -2.08. The van der Waals surface area contributed by atoms with Crippen LogP contribution in [0.3, 0.4) is 0 Å². The molecule has 92 valence electrons. The average molecular weight is 221 g/mol. The lowest BCUT2D eigenvalue weighted by molar-refractivity contribution is -0.141. The predicted molar refractivity (Wildman–Crippen MR) is 58.0 cm³/mol. The summed E-state index contributed by atoms with van der Waals surface area (Å²) in [6.07, 6.45) is 0.798. The van der Waals surface area contributed by atoms with Gasteiger partial charge in [0.1, 0.15) is 12.5 Å². The van der Waals surface area contributed by atoms with Crippen molar-refractivity contribution in [3.63, 3.8) is 0 Å². The SMILES string of the molecule is CC(O)NC(C)O.CCCCOC(C)=O. The monoisotopic (exact) mass is 221 g/mol. The second kappa shape index (κ2) is 11.4. The summed E-state index contributed by atoms with van der Waals surface area (Å²) in [5.41, 5.74) is 0. The van der Waals surface area contributed by atoms with Gasteiger partial charge in [-0.3, -0.25) is 10.1 Å². The van der Waals surface area contributed by atoms with Gasteiger partial charge in [0.2, 0.25) is 0 Å². The maximum absolute atomic E-state index is 10.1. The molecule has 5 nitrogen and oxygen atoms in total. The zero-order valence-corrected chi connectivity index (χ0v) is 9.99. The van der Waals surface area contributed by atoms with Gasteiger partial charge in [-0.05, 0) is 20.3 Å². The molecule has 0 rings (SSSR count). The topological polar surface area (TPSA) is 78.8 Å². The van der Waals surface area contributed by atoms with E-state index in [2.05, 4.69) is 17.0 Å². The fourth-order valence-corrected chi connectivity index (χ4v) is 0.709. The highest BCUT2D eigenvalue weighted by Gasteiger charge is 1.95. The van der Waals surface area contributed by atoms with Crippen molar-refractivity contribution in [2.75, 3.05) is 6.61 Å². The Morgan fingerprint density at radius 2 is 1.80 bits per heavy atom. The highest BCUT2D eigenvalue weighted by molar-refractivity contribution is 5.65. The van der Waals surface area contributed by atoms with Crippen LogP contribution >= 0.6 is 0 Å². The summed E-state index contributed by atoms with van der Waals surface area (Å²) < 4.78 is 4.64. The molecular formula is C10H23NO4. The van der Waals surface area contributed by atoms with Crippen molar-refractivity contribution < 1.29 is 19.7 Å². The highest BCUT2D eigenvalue weighted by Crippen LogP contribution is 1.86. The number of ether oxygens (including phenoxy) is 1. The molecule has 0 spiro atoms. The third-order valence-corrected chi connectivity index (χ3v) is 1.29. The molecule has 0 radical (unpaired) electrons. The van der Waals surface area contributed by atoms with E-state index in [9.17, 15) is 4.79 Å². The van der Waals surface area contributed by atoms with E-state index in [1.165, 1.54) is 6.92 Å². The number of carbonyl (C=O) groups excluding carboxylic acids is 1. The van der Waals surface area contributed by atoms with Crippen molar-refractivity contribution in [2.24, 2.45) is 0 Å². The van der Waals surface area contributed by atoms with Crippen LogP contribution in [0.5, 0.6) is 0 Å². The third-order valence-electron chi connectivity index (χ3n) is 1.29. The number of rotatable bonds is 5. The van der Waals surface area contributed by atoms with E-state index in [0.717, 1.165) is 12.8 Å². The summed E-state index contributed by atoms with van der Waals surface area (Å²) in [7, 11) is 0. The number of aliphatic hydroxyl groups is 2. The van der Waals surface area contributed by atoms with E-state index >= 15 is 0 Å². The summed E-state index contributed by atoms with van der Waals surface area (Å²) >= 11 is 0. The van der Waals surface area contributed by atoms with Gasteiger partial charge in [0.25, 0.3) is 0 Å². The van der Waals surface area contributed by atoms with Gasteiger partial charge in [-0.2, -0.15) is 0 Å². The first-order valence-electron chi connectivity index (χ1n) is 5.15. The molecule has 0 saturated carbocycles. The largest absolute Gasteiger partial charge is 0.466 e. The third kappa shape index (κ3) is 24.7. The van der Waals surface area contributed by atoms with E-state index < -0.39 is 12.5 Å². The fourth-order valence-electron chi connectivity index (χ4n) is 0.709. The van der Waals surface area contributed by atoms with E-state index in [0.29, 0.717) is 6.61 Å². The number of hydrogen-bond acceptors (Lipinski definition) is 5. The first-order valence-corrected chi connectivity index (χ1v) is 5.15. The second-order valence-corrected chi connectivity index (χ2v) is 3.21. The fraction of sp³-hybridized carbons (Fsp3) is 0.900. The molecule has 2 unspecified atom stereocenters. The number of esters is 1. The van der Waals surface area contributed by atoms with Crippen LogP contribution in [0.1, 0.15) is 40.5 Å². The molecule has 0 bridgehead atoms. The molecule has 3 N–H and O–H groups in total. The molecule has 0 amide bonds. The molecule has 2 atom stereocenters. The minimum Gasteiger partial charge on any atom is -0.466 e. The minimum atomic E-state index is -0.625. The first-order chi connectivity index (χ1) is 6.90. The van der Waals surface area contributed by atoms with Crippen molar-refractivity contribution in [2.45, 2.75) is 53.0 Å². The molecule has 0 aliphatic rings. The Balaban J connectivity index is 0. The van der Waals surface area contributed by atoms with Crippen molar-refractivity contribution in [3.05, 3.63) is 0 Å². The molecule has 0 aromatic carbocycles. The summed E-state index contributed by atoms with van der Waals surface area (Å²) in [4.78, 5) is 10.1. The predicted octanol–water partition coefficient (Wildman–Crippen LogP) is 0.602. The van der Waals surface area contributed by atoms with Crippen LogP contribution in [0.25, 0.3) is 0 Å². The molecule has 0 aromatic heterocycles. The van der Waals surface area contributed by atoms with Crippen LogP contribution in [0.15, 0.2) is 0 Å². The Kier molecular flexibility index (Phi) is 12.8. The van der Waals surface area contributed by atoms with Crippen LogP contribution < -0.4 is 5.32 Å². The van der Waals surface area contributed by atoms with Gasteiger partial charge in [0, 0.05) is 6.92 Å². The maximum Gasteiger partial charge on any atom is 0.302 e. The number of carbonyl (C=O) groups is 1. The lowest BCUT2D eigenvalue weighted by Crippen LogP contribution is -2.33. The molecule has 5 heteroatoms.